The first-order valence-corrected chi connectivity index (χ1v) is 20.5. The Bertz CT molecular complexity index is 2670. The summed E-state index contributed by atoms with van der Waals surface area (Å²) in [5, 5.41) is 0. The van der Waals surface area contributed by atoms with Crippen molar-refractivity contribution in [3.8, 4) is 78.0 Å². The average Bonchev–Trinajstić information content (AvgIpc) is 3.31. The number of benzene rings is 7. The van der Waals surface area contributed by atoms with Crippen molar-refractivity contribution in [2.45, 2.75) is 20.8 Å². The summed E-state index contributed by atoms with van der Waals surface area (Å²) in [5.74, 6) is 0. The largest absolute Gasteiger partial charge is 0.261 e. The Balaban J connectivity index is 0.000000581. The summed E-state index contributed by atoms with van der Waals surface area (Å²) in [6, 6.07) is 72.0. The highest BCUT2D eigenvalue weighted by Crippen LogP contribution is 2.43. The van der Waals surface area contributed by atoms with E-state index in [2.05, 4.69) is 180 Å². The molecule has 0 amide bonds. The third kappa shape index (κ3) is 9.29. The maximum atomic E-state index is 5.00. The second kappa shape index (κ2) is 19.5. The molecule has 0 unspecified atom stereocenters. The van der Waals surface area contributed by atoms with Crippen LogP contribution in [-0.4, -0.2) is 9.97 Å². The summed E-state index contributed by atoms with van der Waals surface area (Å²) in [6.07, 6.45) is 4.05. The standard InChI is InChI=1S/C47H33BrN2.C6H6.C2H6/c1-32-25-43(33-15-5-2-6-16-33)45(30-49-32)41-23-13-11-21-39(41)36-26-37(28-38(48)27-36)40-22-12-14-24-42(40)46-31-50-47(35-19-9-4-10-20-35)29-44(46)34-17-7-3-8-18-34;1-2-4-6-5-3-1;1-2/h2-31H,1H3;1-6H;1-2H3. The van der Waals surface area contributed by atoms with E-state index >= 15 is 0 Å². The summed E-state index contributed by atoms with van der Waals surface area (Å²) >= 11 is 3.89. The van der Waals surface area contributed by atoms with Crippen molar-refractivity contribution in [1.82, 2.24) is 9.97 Å². The Morgan fingerprint density at radius 3 is 1.14 bits per heavy atom. The molecule has 282 valence electrons. The number of nitrogens with zero attached hydrogens (tertiary/aromatic N) is 2. The zero-order valence-corrected chi connectivity index (χ0v) is 34.6. The minimum absolute atomic E-state index is 0.951. The number of hydrogen-bond acceptors (Lipinski definition) is 2. The smallest absolute Gasteiger partial charge is 0.0708 e. The SMILES string of the molecule is CC.Cc1cc(-c2ccccc2)c(-c2ccccc2-c2cc(Br)cc(-c3ccccc3-c3cnc(-c4ccccc4)cc3-c3ccccc3)c2)cn1.c1ccccc1. The molecule has 0 radical (unpaired) electrons. The molecular formula is C55H45BrN2. The monoisotopic (exact) mass is 812 g/mol. The van der Waals surface area contributed by atoms with Crippen LogP contribution in [0.3, 0.4) is 0 Å². The third-order valence-electron chi connectivity index (χ3n) is 9.80. The Morgan fingerprint density at radius 2 is 0.672 bits per heavy atom. The van der Waals surface area contributed by atoms with Gasteiger partial charge in [-0.05, 0) is 92.9 Å². The second-order valence-corrected chi connectivity index (χ2v) is 14.5. The van der Waals surface area contributed by atoms with Crippen molar-refractivity contribution in [2.24, 2.45) is 0 Å². The average molecular weight is 814 g/mol. The lowest BCUT2D eigenvalue weighted by atomic mass is 9.87. The third-order valence-corrected chi connectivity index (χ3v) is 10.3. The van der Waals surface area contributed by atoms with E-state index in [0.29, 0.717) is 0 Å². The van der Waals surface area contributed by atoms with Gasteiger partial charge in [0.1, 0.15) is 0 Å². The Kier molecular flexibility index (Phi) is 13.3. The van der Waals surface area contributed by atoms with E-state index < -0.39 is 0 Å². The van der Waals surface area contributed by atoms with Crippen LogP contribution in [0.1, 0.15) is 19.5 Å². The van der Waals surface area contributed by atoms with Crippen LogP contribution >= 0.6 is 15.9 Å². The van der Waals surface area contributed by atoms with Crippen LogP contribution in [0.2, 0.25) is 0 Å². The van der Waals surface area contributed by atoms with Crippen LogP contribution in [0.15, 0.2) is 223 Å². The lowest BCUT2D eigenvalue weighted by Gasteiger charge is -2.18. The van der Waals surface area contributed by atoms with E-state index in [1.165, 1.54) is 11.1 Å². The van der Waals surface area contributed by atoms with Crippen LogP contribution < -0.4 is 0 Å². The molecule has 0 saturated carbocycles. The zero-order valence-electron chi connectivity index (χ0n) is 33.1. The summed E-state index contributed by atoms with van der Waals surface area (Å²) in [5.41, 5.74) is 16.7. The van der Waals surface area contributed by atoms with Gasteiger partial charge in [-0.3, -0.25) is 9.97 Å². The highest BCUT2D eigenvalue weighted by molar-refractivity contribution is 9.10. The van der Waals surface area contributed by atoms with Crippen molar-refractivity contribution in [1.29, 1.82) is 0 Å². The molecule has 0 aliphatic rings. The van der Waals surface area contributed by atoms with E-state index in [1.54, 1.807) is 0 Å². The minimum atomic E-state index is 0.951. The first-order valence-electron chi connectivity index (χ1n) is 19.8. The highest BCUT2D eigenvalue weighted by atomic mass is 79.9. The molecule has 0 aliphatic carbocycles. The number of aromatic nitrogens is 2. The number of rotatable bonds is 7. The van der Waals surface area contributed by atoms with Gasteiger partial charge in [-0.2, -0.15) is 0 Å². The summed E-state index contributed by atoms with van der Waals surface area (Å²) in [6.45, 7) is 6.05. The van der Waals surface area contributed by atoms with E-state index in [9.17, 15) is 0 Å². The quantitative estimate of drug-likeness (QED) is 0.160. The molecule has 0 N–H and O–H groups in total. The van der Waals surface area contributed by atoms with Gasteiger partial charge in [-0.1, -0.05) is 206 Å². The van der Waals surface area contributed by atoms with Gasteiger partial charge in [-0.15, -0.1) is 0 Å². The maximum absolute atomic E-state index is 5.00. The van der Waals surface area contributed by atoms with Gasteiger partial charge in [0.25, 0.3) is 0 Å². The van der Waals surface area contributed by atoms with Crippen molar-refractivity contribution >= 4 is 15.9 Å². The second-order valence-electron chi connectivity index (χ2n) is 13.6. The highest BCUT2D eigenvalue weighted by Gasteiger charge is 2.18. The molecule has 2 nitrogen and oxygen atoms in total. The van der Waals surface area contributed by atoms with E-state index in [0.717, 1.165) is 77.1 Å². The van der Waals surface area contributed by atoms with Gasteiger partial charge in [0.15, 0.2) is 0 Å². The van der Waals surface area contributed by atoms with Crippen molar-refractivity contribution in [2.75, 3.05) is 0 Å². The van der Waals surface area contributed by atoms with Crippen LogP contribution in [-0.2, 0) is 0 Å². The van der Waals surface area contributed by atoms with Crippen LogP contribution in [0.25, 0.3) is 78.0 Å². The fourth-order valence-electron chi connectivity index (χ4n) is 7.15. The topological polar surface area (TPSA) is 25.8 Å². The fourth-order valence-corrected chi connectivity index (χ4v) is 7.64. The maximum Gasteiger partial charge on any atom is 0.0708 e. The molecule has 0 aliphatic heterocycles. The predicted molar refractivity (Wildman–Crippen MR) is 250 cm³/mol. The number of pyridine rings is 2. The number of aryl methyl sites for hydroxylation is 1. The van der Waals surface area contributed by atoms with Gasteiger partial charge >= 0.3 is 0 Å². The molecule has 2 aromatic heterocycles. The lowest BCUT2D eigenvalue weighted by molar-refractivity contribution is 1.20. The minimum Gasteiger partial charge on any atom is -0.261 e. The Morgan fingerprint density at radius 1 is 0.310 bits per heavy atom. The molecule has 7 aromatic carbocycles. The first kappa shape index (κ1) is 39.6. The van der Waals surface area contributed by atoms with Gasteiger partial charge in [-0.25, -0.2) is 0 Å². The van der Waals surface area contributed by atoms with Gasteiger partial charge in [0, 0.05) is 39.3 Å². The van der Waals surface area contributed by atoms with Crippen LogP contribution in [0.5, 0.6) is 0 Å². The van der Waals surface area contributed by atoms with E-state index in [1.807, 2.05) is 75.6 Å². The molecule has 0 atom stereocenters. The number of hydrogen-bond donors (Lipinski definition) is 0. The molecule has 9 rings (SSSR count). The van der Waals surface area contributed by atoms with Crippen molar-refractivity contribution in [3.05, 3.63) is 229 Å². The molecule has 9 aromatic rings. The predicted octanol–water partition coefficient (Wildman–Crippen LogP) is 15.9. The Hall–Kier alpha value is -6.68. The van der Waals surface area contributed by atoms with Gasteiger partial charge in [0.05, 0.1) is 5.69 Å². The van der Waals surface area contributed by atoms with Crippen LogP contribution in [0, 0.1) is 6.92 Å². The van der Waals surface area contributed by atoms with Gasteiger partial charge in [0.2, 0.25) is 0 Å². The molecule has 2 heterocycles. The Labute approximate surface area is 351 Å². The van der Waals surface area contributed by atoms with Crippen molar-refractivity contribution < 1.29 is 0 Å². The number of halogens is 1. The summed E-state index contributed by atoms with van der Waals surface area (Å²) in [7, 11) is 0. The molecular weight excluding hydrogens is 769 g/mol. The summed E-state index contributed by atoms with van der Waals surface area (Å²) in [4.78, 5) is 9.75. The van der Waals surface area contributed by atoms with E-state index in [4.69, 9.17) is 9.97 Å². The molecule has 0 fully saturated rings. The van der Waals surface area contributed by atoms with Gasteiger partial charge < -0.3 is 0 Å². The lowest BCUT2D eigenvalue weighted by Crippen LogP contribution is -1.94. The van der Waals surface area contributed by atoms with Crippen LogP contribution in [0.4, 0.5) is 0 Å². The fraction of sp³-hybridized carbons (Fsp3) is 0.0545. The molecule has 0 bridgehead atoms. The molecule has 0 spiro atoms. The first-order chi connectivity index (χ1) is 28.6. The zero-order chi connectivity index (χ0) is 40.1. The molecule has 58 heavy (non-hydrogen) atoms. The summed E-state index contributed by atoms with van der Waals surface area (Å²) < 4.78 is 1.01. The molecule has 0 saturated heterocycles. The molecule has 3 heteroatoms. The normalized spacial score (nSPS) is 10.4. The van der Waals surface area contributed by atoms with Crippen molar-refractivity contribution in [3.63, 3.8) is 0 Å². The van der Waals surface area contributed by atoms with E-state index in [-0.39, 0.29) is 0 Å².